The number of hydrogen-bond acceptors (Lipinski definition) is 6. The van der Waals surface area contributed by atoms with Gasteiger partial charge in [0.25, 0.3) is 5.92 Å². The largest absolute Gasteiger partial charge is 0.355 e. The molecule has 0 radical (unpaired) electrons. The van der Waals surface area contributed by atoms with Crippen LogP contribution in [0.3, 0.4) is 0 Å². The van der Waals surface area contributed by atoms with Crippen LogP contribution >= 0.6 is 11.9 Å². The first-order valence-electron chi connectivity index (χ1n) is 9.79. The monoisotopic (exact) mass is 445 g/mol. The Labute approximate surface area is 182 Å². The molecule has 1 aliphatic rings. The summed E-state index contributed by atoms with van der Waals surface area (Å²) in [4.78, 5) is 10.6. The van der Waals surface area contributed by atoms with Gasteiger partial charge in [-0.15, -0.1) is 0 Å². The Kier molecular flexibility index (Phi) is 5.81. The molecule has 4 rings (SSSR count). The van der Waals surface area contributed by atoms with Gasteiger partial charge in [-0.05, 0) is 42.3 Å². The highest BCUT2D eigenvalue weighted by molar-refractivity contribution is 7.97. The van der Waals surface area contributed by atoms with Gasteiger partial charge in [0.2, 0.25) is 0 Å². The molecular formula is C22H22F3N5S. The number of piperidine rings is 1. The van der Waals surface area contributed by atoms with E-state index >= 15 is 0 Å². The lowest BCUT2D eigenvalue weighted by Crippen LogP contribution is -2.46. The molecule has 3 aromatic rings. The van der Waals surface area contributed by atoms with Crippen LogP contribution in [-0.2, 0) is 0 Å². The molecule has 1 saturated heterocycles. The van der Waals surface area contributed by atoms with Gasteiger partial charge in [-0.2, -0.15) is 0 Å². The topological polar surface area (TPSA) is 67.1 Å². The second-order valence-electron chi connectivity index (χ2n) is 7.63. The number of benzene rings is 1. The minimum atomic E-state index is -2.72. The number of nitrogens with two attached hydrogens (primary N) is 1. The van der Waals surface area contributed by atoms with Crippen LogP contribution in [0.15, 0.2) is 54.2 Å². The van der Waals surface area contributed by atoms with Gasteiger partial charge in [-0.25, -0.2) is 23.1 Å². The number of hydrogen-bond donors (Lipinski definition) is 2. The first kappa shape index (κ1) is 21.5. The van der Waals surface area contributed by atoms with Crippen LogP contribution in [0.1, 0.15) is 18.9 Å². The minimum absolute atomic E-state index is 0.143. The molecule has 0 bridgehead atoms. The fourth-order valence-corrected chi connectivity index (χ4v) is 4.00. The van der Waals surface area contributed by atoms with Crippen molar-refractivity contribution < 1.29 is 13.2 Å². The Bertz CT molecular complexity index is 1140. The molecule has 0 aliphatic carbocycles. The zero-order valence-electron chi connectivity index (χ0n) is 16.9. The number of anilines is 2. The van der Waals surface area contributed by atoms with E-state index in [1.807, 2.05) is 4.90 Å². The quantitative estimate of drug-likeness (QED) is 0.520. The molecule has 162 valence electrons. The number of alkyl halides is 2. The lowest BCUT2D eigenvalue weighted by atomic mass is 9.95. The van der Waals surface area contributed by atoms with Crippen LogP contribution in [-0.4, -0.2) is 29.0 Å². The smallest absolute Gasteiger partial charge is 0.254 e. The number of aromatic nitrogens is 2. The lowest BCUT2D eigenvalue weighted by Gasteiger charge is -2.38. The van der Waals surface area contributed by atoms with Crippen molar-refractivity contribution in [3.63, 3.8) is 0 Å². The lowest BCUT2D eigenvalue weighted by molar-refractivity contribution is -0.0652. The van der Waals surface area contributed by atoms with Crippen LogP contribution in [0.5, 0.6) is 0 Å². The average molecular weight is 446 g/mol. The summed E-state index contributed by atoms with van der Waals surface area (Å²) in [7, 11) is 0. The maximum atomic E-state index is 14.5. The second-order valence-corrected chi connectivity index (χ2v) is 8.28. The maximum Gasteiger partial charge on any atom is 0.254 e. The second kappa shape index (κ2) is 8.39. The van der Waals surface area contributed by atoms with Crippen molar-refractivity contribution in [2.24, 2.45) is 11.1 Å². The zero-order valence-corrected chi connectivity index (χ0v) is 17.7. The SMILES string of the molecule is C=C(Nc1ccnc(SN)c1)c1cc2c(F)cccc2nc1N1CCC(F)(F)C(C)C1. The summed E-state index contributed by atoms with van der Waals surface area (Å²) >= 11 is 1.01. The van der Waals surface area contributed by atoms with Crippen LogP contribution in [0.25, 0.3) is 16.6 Å². The molecule has 1 fully saturated rings. The van der Waals surface area contributed by atoms with Crippen LogP contribution in [0, 0.1) is 11.7 Å². The molecular weight excluding hydrogens is 423 g/mol. The Morgan fingerprint density at radius 1 is 1.32 bits per heavy atom. The van der Waals surface area contributed by atoms with Gasteiger partial charge >= 0.3 is 0 Å². The van der Waals surface area contributed by atoms with E-state index in [0.29, 0.717) is 38.7 Å². The molecule has 1 unspecified atom stereocenters. The van der Waals surface area contributed by atoms with E-state index in [0.717, 1.165) is 11.9 Å². The van der Waals surface area contributed by atoms with Gasteiger partial charge in [0.1, 0.15) is 16.7 Å². The molecule has 1 aliphatic heterocycles. The van der Waals surface area contributed by atoms with Crippen LogP contribution in [0.4, 0.5) is 24.7 Å². The molecule has 0 saturated carbocycles. The molecule has 1 atom stereocenters. The fraction of sp³-hybridized carbons (Fsp3) is 0.273. The third kappa shape index (κ3) is 4.33. The number of nitrogens with one attached hydrogen (secondary N) is 1. The molecule has 3 N–H and O–H groups in total. The van der Waals surface area contributed by atoms with Crippen LogP contribution < -0.4 is 15.4 Å². The summed E-state index contributed by atoms with van der Waals surface area (Å²) in [5, 5.41) is 9.72. The summed E-state index contributed by atoms with van der Waals surface area (Å²) in [5.41, 5.74) is 2.18. The van der Waals surface area contributed by atoms with E-state index < -0.39 is 17.7 Å². The van der Waals surface area contributed by atoms with E-state index in [9.17, 15) is 13.2 Å². The number of fused-ring (bicyclic) bond motifs is 1. The Hall–Kier alpha value is -2.78. The van der Waals surface area contributed by atoms with Crippen LogP contribution in [0.2, 0.25) is 0 Å². The molecule has 3 heterocycles. The molecule has 31 heavy (non-hydrogen) atoms. The molecule has 0 amide bonds. The Morgan fingerprint density at radius 3 is 2.87 bits per heavy atom. The van der Waals surface area contributed by atoms with E-state index in [1.54, 1.807) is 36.5 Å². The van der Waals surface area contributed by atoms with Crippen molar-refractivity contribution in [3.05, 3.63) is 60.6 Å². The normalized spacial score (nSPS) is 18.2. The standard InChI is InChI=1S/C22H22F3N5S/c1-13-12-30(9-7-22(13,24)25)21-16(11-17-18(23)4-3-5-19(17)29-21)14(2)28-15-6-8-27-20(10-15)31-26/h3-6,8,10-11,13H,2,7,9,12,26H2,1H3,(H,27,28). The van der Waals surface area contributed by atoms with Crippen molar-refractivity contribution in [3.8, 4) is 0 Å². The molecule has 9 heteroatoms. The predicted molar refractivity (Wildman–Crippen MR) is 120 cm³/mol. The third-order valence-corrected chi connectivity index (χ3v) is 5.96. The predicted octanol–water partition coefficient (Wildman–Crippen LogP) is 5.30. The summed E-state index contributed by atoms with van der Waals surface area (Å²) in [6.07, 6.45) is 1.34. The van der Waals surface area contributed by atoms with Crippen molar-refractivity contribution >= 4 is 40.1 Å². The number of rotatable bonds is 5. The van der Waals surface area contributed by atoms with Gasteiger partial charge in [0, 0.05) is 54.0 Å². The fourth-order valence-electron chi connectivity index (χ4n) is 3.68. The molecule has 0 spiro atoms. The van der Waals surface area contributed by atoms with Crippen molar-refractivity contribution in [1.82, 2.24) is 9.97 Å². The molecule has 2 aromatic heterocycles. The van der Waals surface area contributed by atoms with Crippen molar-refractivity contribution in [2.45, 2.75) is 24.3 Å². The van der Waals surface area contributed by atoms with E-state index in [4.69, 9.17) is 5.14 Å². The summed E-state index contributed by atoms with van der Waals surface area (Å²) in [6, 6.07) is 9.83. The van der Waals surface area contributed by atoms with Gasteiger partial charge in [0.15, 0.2) is 0 Å². The summed E-state index contributed by atoms with van der Waals surface area (Å²) in [5.74, 6) is -3.46. The highest BCUT2D eigenvalue weighted by Gasteiger charge is 2.42. The number of nitrogens with zero attached hydrogens (tertiary/aromatic N) is 3. The number of halogens is 3. The van der Waals surface area contributed by atoms with E-state index in [2.05, 4.69) is 21.9 Å². The maximum absolute atomic E-state index is 14.5. The Morgan fingerprint density at radius 2 is 2.13 bits per heavy atom. The zero-order chi connectivity index (χ0) is 22.2. The molecule has 5 nitrogen and oxygen atoms in total. The minimum Gasteiger partial charge on any atom is -0.355 e. The average Bonchev–Trinajstić information content (AvgIpc) is 2.75. The summed E-state index contributed by atoms with van der Waals surface area (Å²) in [6.45, 7) is 5.93. The van der Waals surface area contributed by atoms with E-state index in [-0.39, 0.29) is 19.5 Å². The number of pyridine rings is 2. The summed E-state index contributed by atoms with van der Waals surface area (Å²) < 4.78 is 42.6. The van der Waals surface area contributed by atoms with E-state index in [1.165, 1.54) is 13.0 Å². The van der Waals surface area contributed by atoms with Gasteiger partial charge in [-0.3, -0.25) is 5.14 Å². The van der Waals surface area contributed by atoms with Gasteiger partial charge < -0.3 is 10.2 Å². The first-order chi connectivity index (χ1) is 14.8. The molecule has 1 aromatic carbocycles. The Balaban J connectivity index is 1.75. The third-order valence-electron chi connectivity index (χ3n) is 5.49. The highest BCUT2D eigenvalue weighted by atomic mass is 32.2. The highest BCUT2D eigenvalue weighted by Crippen LogP contribution is 2.38. The first-order valence-corrected chi connectivity index (χ1v) is 10.7. The van der Waals surface area contributed by atoms with Crippen molar-refractivity contribution in [1.29, 1.82) is 0 Å². The van der Waals surface area contributed by atoms with Gasteiger partial charge in [-0.1, -0.05) is 19.6 Å². The van der Waals surface area contributed by atoms with Crippen molar-refractivity contribution in [2.75, 3.05) is 23.3 Å². The van der Waals surface area contributed by atoms with Gasteiger partial charge in [0.05, 0.1) is 5.52 Å².